The molecule has 0 unspecified atom stereocenters. The molecule has 0 amide bonds. The normalized spacial score (nSPS) is 11.6. The lowest BCUT2D eigenvalue weighted by Crippen LogP contribution is -2.03. The van der Waals surface area contributed by atoms with E-state index in [1.807, 2.05) is 247 Å². The molecule has 132 heavy (non-hydrogen) atoms. The molecule has 0 bridgehead atoms. The van der Waals surface area contributed by atoms with Gasteiger partial charge in [-0.15, -0.1) is 34.0 Å². The van der Waals surface area contributed by atoms with E-state index in [1.165, 1.54) is 109 Å². The summed E-state index contributed by atoms with van der Waals surface area (Å²) < 4.78 is 14.5. The number of benzene rings is 15. The summed E-state index contributed by atoms with van der Waals surface area (Å²) in [6, 6.07) is 140. The summed E-state index contributed by atoms with van der Waals surface area (Å²) in [5, 5.41) is 14.9. The standard InChI is InChI=1S/3C38H23N5S/c1-3-12-24(13-4-1)36-40-37(25-14-5-2-6-15-25)42-38(41-36)30-18-11-21-33(39-30)43-31-19-9-7-16-26(31)28-22-23-29-27-17-8-10-20-32(27)44-35(29)34(28)43;1-3-11-24(12-4-1)36-40-37(25-13-5-2-6-14-25)42-38(41-36)26-19-22-33(39-23-26)43-31-17-9-7-15-27(31)29-20-21-30-28-16-8-10-18-32(28)44-35(30)34(29)43;1-3-11-24(12-4-1)36-40-37(25-13-5-2-6-14-25)42-38(41-36)26-21-22-39-33(23-26)43-31-17-9-7-15-27(31)29-19-20-30-28-16-8-10-18-32(28)44-35(30)34(29)43/h3*1-23H. The Hall–Kier alpha value is -17.2. The van der Waals surface area contributed by atoms with E-state index < -0.39 is 0 Å². The first kappa shape index (κ1) is 77.2. The van der Waals surface area contributed by atoms with Crippen molar-refractivity contribution in [3.8, 4) is 120 Å². The Morgan fingerprint density at radius 1 is 0.174 bits per heavy atom. The van der Waals surface area contributed by atoms with Gasteiger partial charge in [0, 0.05) is 136 Å². The Morgan fingerprint density at radius 3 is 0.826 bits per heavy atom. The second-order valence-electron chi connectivity index (χ2n) is 32.2. The second-order valence-corrected chi connectivity index (χ2v) is 35.3. The van der Waals surface area contributed by atoms with Crippen molar-refractivity contribution >= 4 is 160 Å². The second kappa shape index (κ2) is 32.6. The number of nitrogens with zero attached hydrogens (tertiary/aromatic N) is 15. The van der Waals surface area contributed by atoms with Crippen LogP contribution in [0.15, 0.2) is 419 Å². The van der Waals surface area contributed by atoms with Gasteiger partial charge < -0.3 is 0 Å². The maximum absolute atomic E-state index is 5.23. The quantitative estimate of drug-likeness (QED) is 0.114. The number of hydrogen-bond donors (Lipinski definition) is 0. The van der Waals surface area contributed by atoms with E-state index >= 15 is 0 Å². The number of aromatic nitrogens is 15. The van der Waals surface area contributed by atoms with Crippen molar-refractivity contribution in [1.29, 1.82) is 0 Å². The Morgan fingerprint density at radius 2 is 0.470 bits per heavy atom. The fraction of sp³-hybridized carbons (Fsp3) is 0. The van der Waals surface area contributed by atoms with Gasteiger partial charge in [0.25, 0.3) is 0 Å². The Labute approximate surface area is 766 Å². The van der Waals surface area contributed by atoms with Crippen LogP contribution in [0.4, 0.5) is 0 Å². The largest absolute Gasteiger partial charge is 0.292 e. The average molecular weight is 1750 g/mol. The highest BCUT2D eigenvalue weighted by molar-refractivity contribution is 7.27. The molecule has 27 aromatic rings. The minimum atomic E-state index is 0.535. The molecular weight excluding hydrogens is 1680 g/mol. The van der Waals surface area contributed by atoms with E-state index in [0.717, 1.165) is 78.5 Å². The van der Waals surface area contributed by atoms with Gasteiger partial charge in [-0.05, 0) is 72.8 Å². The summed E-state index contributed by atoms with van der Waals surface area (Å²) in [5.41, 5.74) is 14.9. The van der Waals surface area contributed by atoms with Gasteiger partial charge in [-0.1, -0.05) is 334 Å². The molecule has 27 rings (SSSR count). The number of thiophene rings is 3. The van der Waals surface area contributed by atoms with E-state index in [9.17, 15) is 0 Å². The van der Waals surface area contributed by atoms with Crippen molar-refractivity contribution in [2.45, 2.75) is 0 Å². The number of rotatable bonds is 12. The Bertz CT molecular complexity index is 8630. The number of hydrogen-bond acceptors (Lipinski definition) is 15. The molecule has 0 saturated heterocycles. The molecule has 12 aromatic heterocycles. The third-order valence-corrected chi connectivity index (χ3v) is 27.9. The highest BCUT2D eigenvalue weighted by atomic mass is 32.1. The molecule has 0 fully saturated rings. The lowest BCUT2D eigenvalue weighted by Gasteiger charge is -2.11. The van der Waals surface area contributed by atoms with E-state index in [4.69, 9.17) is 59.8 Å². The summed E-state index contributed by atoms with van der Waals surface area (Å²) >= 11 is 5.51. The van der Waals surface area contributed by atoms with Crippen LogP contribution in [0.3, 0.4) is 0 Å². The number of pyridine rings is 3. The number of para-hydroxylation sites is 3. The number of fused-ring (bicyclic) bond motifs is 21. The zero-order chi connectivity index (χ0) is 87.1. The van der Waals surface area contributed by atoms with Crippen molar-refractivity contribution in [3.05, 3.63) is 419 Å². The van der Waals surface area contributed by atoms with Gasteiger partial charge in [-0.2, -0.15) is 0 Å². The first-order chi connectivity index (χ1) is 65.4. The topological polar surface area (TPSA) is 169 Å². The zero-order valence-corrected chi connectivity index (χ0v) is 72.7. The van der Waals surface area contributed by atoms with Crippen LogP contribution in [-0.4, -0.2) is 73.5 Å². The van der Waals surface area contributed by atoms with Crippen LogP contribution in [0.1, 0.15) is 0 Å². The summed E-state index contributed by atoms with van der Waals surface area (Å²) in [6.45, 7) is 0. The summed E-state index contributed by atoms with van der Waals surface area (Å²) in [4.78, 5) is 59.3. The van der Waals surface area contributed by atoms with Gasteiger partial charge in [0.2, 0.25) is 0 Å². The molecule has 0 aliphatic rings. The monoisotopic (exact) mass is 1740 g/mol. The van der Waals surface area contributed by atoms with Crippen molar-refractivity contribution in [2.75, 3.05) is 0 Å². The average Bonchev–Trinajstić information content (AvgIpc) is 1.57. The maximum Gasteiger partial charge on any atom is 0.182 e. The molecule has 618 valence electrons. The van der Waals surface area contributed by atoms with Crippen molar-refractivity contribution in [2.24, 2.45) is 0 Å². The lowest BCUT2D eigenvalue weighted by atomic mass is 10.1. The highest BCUT2D eigenvalue weighted by Gasteiger charge is 2.26. The molecule has 0 aliphatic heterocycles. The fourth-order valence-electron chi connectivity index (χ4n) is 18.2. The predicted octanol–water partition coefficient (Wildman–Crippen LogP) is 29.2. The molecule has 0 aliphatic carbocycles. The molecule has 0 atom stereocenters. The van der Waals surface area contributed by atoms with E-state index in [2.05, 4.69) is 220 Å². The third-order valence-electron chi connectivity index (χ3n) is 24.3. The Balaban J connectivity index is 0.000000106. The minimum Gasteiger partial charge on any atom is -0.292 e. The summed E-state index contributed by atoms with van der Waals surface area (Å²) in [5.74, 6) is 7.99. The van der Waals surface area contributed by atoms with Gasteiger partial charge in [0.15, 0.2) is 52.4 Å². The van der Waals surface area contributed by atoms with Crippen LogP contribution >= 0.6 is 34.0 Å². The molecule has 0 spiro atoms. The SMILES string of the molecule is c1ccc(-c2nc(-c3ccccc3)nc(-c3ccc(-n4c5ccccc5c5ccc6c7ccccc7sc6c54)nc3)n2)cc1.c1ccc(-c2nc(-c3ccccc3)nc(-c3cccc(-n4c5ccccc5c5ccc6c7ccccc7sc6c54)n3)n2)cc1.c1ccc(-c2nc(-c3ccccc3)nc(-c3ccnc(-n4c5ccccc5c5ccc6c7ccccc7sc6c54)c3)n2)cc1. The minimum absolute atomic E-state index is 0.535. The maximum atomic E-state index is 5.23. The smallest absolute Gasteiger partial charge is 0.182 e. The van der Waals surface area contributed by atoms with Gasteiger partial charge >= 0.3 is 0 Å². The Kier molecular flexibility index (Phi) is 19.1. The van der Waals surface area contributed by atoms with E-state index in [-0.39, 0.29) is 0 Å². The first-order valence-corrected chi connectivity index (χ1v) is 45.9. The summed E-state index contributed by atoms with van der Waals surface area (Å²) in [6.07, 6.45) is 3.73. The van der Waals surface area contributed by atoms with Crippen molar-refractivity contribution in [1.82, 2.24) is 73.5 Å². The van der Waals surface area contributed by atoms with Gasteiger partial charge in [-0.25, -0.2) is 59.8 Å². The van der Waals surface area contributed by atoms with Crippen molar-refractivity contribution < 1.29 is 0 Å². The molecule has 0 N–H and O–H groups in total. The molecule has 0 saturated carbocycles. The van der Waals surface area contributed by atoms with Crippen LogP contribution in [0.5, 0.6) is 0 Å². The fourth-order valence-corrected chi connectivity index (χ4v) is 21.9. The highest BCUT2D eigenvalue weighted by Crippen LogP contribution is 2.48. The molecule has 0 radical (unpaired) electrons. The molecule has 15 aromatic carbocycles. The summed E-state index contributed by atoms with van der Waals surface area (Å²) in [7, 11) is 0. The predicted molar refractivity (Wildman–Crippen MR) is 543 cm³/mol. The van der Waals surface area contributed by atoms with Gasteiger partial charge in [0.05, 0.1) is 47.2 Å². The van der Waals surface area contributed by atoms with Crippen LogP contribution in [0, 0.1) is 0 Å². The van der Waals surface area contributed by atoms with Crippen LogP contribution < -0.4 is 0 Å². The van der Waals surface area contributed by atoms with Crippen LogP contribution in [0.2, 0.25) is 0 Å². The lowest BCUT2D eigenvalue weighted by molar-refractivity contribution is 1.03. The van der Waals surface area contributed by atoms with Gasteiger partial charge in [0.1, 0.15) is 23.1 Å². The third kappa shape index (κ3) is 13.6. The van der Waals surface area contributed by atoms with E-state index in [0.29, 0.717) is 58.1 Å². The van der Waals surface area contributed by atoms with Gasteiger partial charge in [-0.3, -0.25) is 13.7 Å². The van der Waals surface area contributed by atoms with Crippen molar-refractivity contribution in [3.63, 3.8) is 0 Å². The van der Waals surface area contributed by atoms with Crippen LogP contribution in [-0.2, 0) is 0 Å². The zero-order valence-electron chi connectivity index (χ0n) is 70.3. The van der Waals surface area contributed by atoms with E-state index in [1.54, 1.807) is 0 Å². The molecule has 15 nitrogen and oxygen atoms in total. The molecular formula is C114H69N15S3. The van der Waals surface area contributed by atoms with Crippen LogP contribution in [0.25, 0.3) is 246 Å². The molecule has 12 heterocycles. The molecule has 18 heteroatoms. The first-order valence-electron chi connectivity index (χ1n) is 43.5.